The standard InChI is InChI=1S/C12H19BrN2O/c1-10(8-14-5-6-16-2)7-12-4-3-11(13)9-15-12/h3-4,9-10,14H,5-8H2,1-2H3. The Morgan fingerprint density at radius 2 is 2.31 bits per heavy atom. The molecular weight excluding hydrogens is 268 g/mol. The summed E-state index contributed by atoms with van der Waals surface area (Å²) < 4.78 is 6.00. The molecule has 0 spiro atoms. The van der Waals surface area contributed by atoms with Gasteiger partial charge in [-0.15, -0.1) is 0 Å². The molecule has 0 saturated carbocycles. The summed E-state index contributed by atoms with van der Waals surface area (Å²) in [5.74, 6) is 0.588. The van der Waals surface area contributed by atoms with Crippen LogP contribution in [0, 0.1) is 5.92 Å². The zero-order valence-corrected chi connectivity index (χ0v) is 11.5. The summed E-state index contributed by atoms with van der Waals surface area (Å²) in [6.07, 6.45) is 2.85. The minimum absolute atomic E-state index is 0.588. The van der Waals surface area contributed by atoms with Crippen LogP contribution in [0.3, 0.4) is 0 Å². The number of pyridine rings is 1. The Morgan fingerprint density at radius 3 is 2.94 bits per heavy atom. The van der Waals surface area contributed by atoms with Gasteiger partial charge in [0.25, 0.3) is 0 Å². The van der Waals surface area contributed by atoms with Gasteiger partial charge in [-0.25, -0.2) is 0 Å². The van der Waals surface area contributed by atoms with Crippen molar-refractivity contribution in [2.45, 2.75) is 13.3 Å². The van der Waals surface area contributed by atoms with Crippen LogP contribution in [0.25, 0.3) is 0 Å². The first-order valence-corrected chi connectivity index (χ1v) is 6.31. The van der Waals surface area contributed by atoms with Crippen molar-refractivity contribution in [1.82, 2.24) is 10.3 Å². The van der Waals surface area contributed by atoms with E-state index in [1.807, 2.05) is 12.3 Å². The van der Waals surface area contributed by atoms with Crippen LogP contribution >= 0.6 is 15.9 Å². The van der Waals surface area contributed by atoms with Crippen molar-refractivity contribution >= 4 is 15.9 Å². The molecule has 0 radical (unpaired) electrons. The fourth-order valence-electron chi connectivity index (χ4n) is 1.48. The van der Waals surface area contributed by atoms with Gasteiger partial charge in [0.15, 0.2) is 0 Å². The van der Waals surface area contributed by atoms with E-state index in [0.29, 0.717) is 5.92 Å². The highest BCUT2D eigenvalue weighted by Gasteiger charge is 2.04. The van der Waals surface area contributed by atoms with Gasteiger partial charge in [0.1, 0.15) is 0 Å². The fraction of sp³-hybridized carbons (Fsp3) is 0.583. The van der Waals surface area contributed by atoms with Crippen LogP contribution in [0.5, 0.6) is 0 Å². The average Bonchev–Trinajstić information content (AvgIpc) is 2.28. The molecule has 0 amide bonds. The number of hydrogen-bond acceptors (Lipinski definition) is 3. The van der Waals surface area contributed by atoms with Crippen molar-refractivity contribution in [2.75, 3.05) is 26.8 Å². The quantitative estimate of drug-likeness (QED) is 0.781. The van der Waals surface area contributed by atoms with Gasteiger partial charge in [0.05, 0.1) is 6.61 Å². The molecule has 4 heteroatoms. The number of halogens is 1. The molecule has 0 aliphatic rings. The predicted octanol–water partition coefficient (Wildman–Crippen LogP) is 2.26. The van der Waals surface area contributed by atoms with Crippen molar-refractivity contribution in [1.29, 1.82) is 0 Å². The third-order valence-electron chi connectivity index (χ3n) is 2.32. The molecule has 3 nitrogen and oxygen atoms in total. The molecular formula is C12H19BrN2O. The number of nitrogens with zero attached hydrogens (tertiary/aromatic N) is 1. The topological polar surface area (TPSA) is 34.1 Å². The Kier molecular flexibility index (Phi) is 6.61. The highest BCUT2D eigenvalue weighted by molar-refractivity contribution is 9.10. The van der Waals surface area contributed by atoms with Gasteiger partial charge >= 0.3 is 0 Å². The van der Waals surface area contributed by atoms with E-state index < -0.39 is 0 Å². The van der Waals surface area contributed by atoms with Crippen LogP contribution in [-0.2, 0) is 11.2 Å². The smallest absolute Gasteiger partial charge is 0.0587 e. The lowest BCUT2D eigenvalue weighted by molar-refractivity contribution is 0.198. The lowest BCUT2D eigenvalue weighted by Crippen LogP contribution is -2.25. The first-order valence-electron chi connectivity index (χ1n) is 5.52. The first-order chi connectivity index (χ1) is 7.72. The number of methoxy groups -OCH3 is 1. The van der Waals surface area contributed by atoms with Gasteiger partial charge in [-0.2, -0.15) is 0 Å². The molecule has 0 aliphatic heterocycles. The van der Waals surface area contributed by atoms with Gasteiger partial charge in [-0.1, -0.05) is 6.92 Å². The molecule has 1 aromatic heterocycles. The first kappa shape index (κ1) is 13.6. The van der Waals surface area contributed by atoms with E-state index in [0.717, 1.165) is 36.3 Å². The van der Waals surface area contributed by atoms with Crippen molar-refractivity contribution in [3.63, 3.8) is 0 Å². The summed E-state index contributed by atoms with van der Waals surface area (Å²) in [5.41, 5.74) is 1.14. The van der Waals surface area contributed by atoms with Gasteiger partial charge in [-0.3, -0.25) is 4.98 Å². The number of ether oxygens (including phenoxy) is 1. The number of rotatable bonds is 7. The van der Waals surface area contributed by atoms with Crippen LogP contribution < -0.4 is 5.32 Å². The molecule has 0 aliphatic carbocycles. The summed E-state index contributed by atoms with van der Waals surface area (Å²) in [6, 6.07) is 4.10. The molecule has 1 aromatic rings. The molecule has 0 aromatic carbocycles. The Labute approximate surface area is 106 Å². The van der Waals surface area contributed by atoms with Gasteiger partial charge in [0, 0.05) is 30.0 Å². The lowest BCUT2D eigenvalue weighted by Gasteiger charge is -2.11. The zero-order chi connectivity index (χ0) is 11.8. The summed E-state index contributed by atoms with van der Waals surface area (Å²) in [5, 5.41) is 3.36. The molecule has 90 valence electrons. The maximum atomic E-state index is 4.98. The highest BCUT2D eigenvalue weighted by Crippen LogP contribution is 2.10. The van der Waals surface area contributed by atoms with Crippen molar-refractivity contribution in [3.05, 3.63) is 28.5 Å². The minimum Gasteiger partial charge on any atom is -0.383 e. The second kappa shape index (κ2) is 7.76. The summed E-state index contributed by atoms with van der Waals surface area (Å²) in [7, 11) is 1.72. The Hall–Kier alpha value is -0.450. The van der Waals surface area contributed by atoms with Crippen LogP contribution in [0.15, 0.2) is 22.8 Å². The Bertz CT molecular complexity index is 290. The maximum absolute atomic E-state index is 4.98. The minimum atomic E-state index is 0.588. The van der Waals surface area contributed by atoms with E-state index in [2.05, 4.69) is 39.2 Å². The second-order valence-electron chi connectivity index (χ2n) is 3.97. The molecule has 1 rings (SSSR count). The van der Waals surface area contributed by atoms with Crippen molar-refractivity contribution in [3.8, 4) is 0 Å². The van der Waals surface area contributed by atoms with Crippen LogP contribution in [0.4, 0.5) is 0 Å². The van der Waals surface area contributed by atoms with Crippen LogP contribution in [-0.4, -0.2) is 31.8 Å². The molecule has 16 heavy (non-hydrogen) atoms. The molecule has 0 bridgehead atoms. The molecule has 1 atom stereocenters. The largest absolute Gasteiger partial charge is 0.383 e. The van der Waals surface area contributed by atoms with Crippen molar-refractivity contribution < 1.29 is 4.74 Å². The van der Waals surface area contributed by atoms with E-state index in [4.69, 9.17) is 4.74 Å². The second-order valence-corrected chi connectivity index (χ2v) is 4.89. The average molecular weight is 287 g/mol. The molecule has 1 N–H and O–H groups in total. The summed E-state index contributed by atoms with van der Waals surface area (Å²) in [6.45, 7) is 4.91. The van der Waals surface area contributed by atoms with Gasteiger partial charge in [0.2, 0.25) is 0 Å². The predicted molar refractivity (Wildman–Crippen MR) is 69.6 cm³/mol. The highest BCUT2D eigenvalue weighted by atomic mass is 79.9. The van der Waals surface area contributed by atoms with E-state index in [-0.39, 0.29) is 0 Å². The molecule has 0 fully saturated rings. The number of hydrogen-bond donors (Lipinski definition) is 1. The van der Waals surface area contributed by atoms with E-state index in [1.165, 1.54) is 0 Å². The number of aromatic nitrogens is 1. The Balaban J connectivity index is 2.23. The molecule has 0 saturated heterocycles. The molecule has 1 unspecified atom stereocenters. The van der Waals surface area contributed by atoms with Crippen LogP contribution in [0.1, 0.15) is 12.6 Å². The SMILES string of the molecule is COCCNCC(C)Cc1ccc(Br)cn1. The Morgan fingerprint density at radius 1 is 1.50 bits per heavy atom. The van der Waals surface area contributed by atoms with E-state index in [9.17, 15) is 0 Å². The molecule has 1 heterocycles. The monoisotopic (exact) mass is 286 g/mol. The number of nitrogens with one attached hydrogen (secondary N) is 1. The summed E-state index contributed by atoms with van der Waals surface area (Å²) >= 11 is 3.38. The van der Waals surface area contributed by atoms with Crippen molar-refractivity contribution in [2.24, 2.45) is 5.92 Å². The van der Waals surface area contributed by atoms with Gasteiger partial charge < -0.3 is 10.1 Å². The third kappa shape index (κ3) is 5.58. The van der Waals surface area contributed by atoms with Crippen LogP contribution in [0.2, 0.25) is 0 Å². The fourth-order valence-corrected chi connectivity index (χ4v) is 1.71. The van der Waals surface area contributed by atoms with E-state index in [1.54, 1.807) is 7.11 Å². The van der Waals surface area contributed by atoms with Gasteiger partial charge in [-0.05, 0) is 46.9 Å². The maximum Gasteiger partial charge on any atom is 0.0587 e. The summed E-state index contributed by atoms with van der Waals surface area (Å²) in [4.78, 5) is 4.36. The normalized spacial score (nSPS) is 12.7. The van der Waals surface area contributed by atoms with E-state index >= 15 is 0 Å². The lowest BCUT2D eigenvalue weighted by atomic mass is 10.1. The zero-order valence-electron chi connectivity index (χ0n) is 9.87. The third-order valence-corrected chi connectivity index (χ3v) is 2.79.